The fourth-order valence-corrected chi connectivity index (χ4v) is 3.42. The zero-order valence-electron chi connectivity index (χ0n) is 12.1. The van der Waals surface area contributed by atoms with Crippen molar-refractivity contribution in [3.63, 3.8) is 0 Å². The molecule has 2 aromatic rings. The lowest BCUT2D eigenvalue weighted by molar-refractivity contribution is 0.659. The Labute approximate surface area is 123 Å². The van der Waals surface area contributed by atoms with Gasteiger partial charge in [-0.3, -0.25) is 0 Å². The predicted molar refractivity (Wildman–Crippen MR) is 82.2 cm³/mol. The van der Waals surface area contributed by atoms with E-state index in [0.717, 1.165) is 42.5 Å². The molecule has 2 heterocycles. The summed E-state index contributed by atoms with van der Waals surface area (Å²) >= 11 is 1.78. The van der Waals surface area contributed by atoms with Crippen LogP contribution < -0.4 is 5.32 Å². The summed E-state index contributed by atoms with van der Waals surface area (Å²) < 4.78 is 0. The average Bonchev–Trinajstić information content (AvgIpc) is 2.92. The Morgan fingerprint density at radius 2 is 2.10 bits per heavy atom. The lowest BCUT2D eigenvalue weighted by Gasteiger charge is -2.18. The highest BCUT2D eigenvalue weighted by molar-refractivity contribution is 7.11. The number of hydrogen-bond donors (Lipinski definition) is 1. The third-order valence-corrected chi connectivity index (χ3v) is 4.79. The fraction of sp³-hybridized carbons (Fsp3) is 0.533. The first kappa shape index (κ1) is 13.5. The van der Waals surface area contributed by atoms with E-state index in [0.29, 0.717) is 0 Å². The summed E-state index contributed by atoms with van der Waals surface area (Å²) in [6.07, 6.45) is 7.70. The highest BCUT2D eigenvalue weighted by Gasteiger charge is 2.16. The van der Waals surface area contributed by atoms with Crippen LogP contribution in [0.2, 0.25) is 0 Å². The van der Waals surface area contributed by atoms with Gasteiger partial charge >= 0.3 is 0 Å². The van der Waals surface area contributed by atoms with E-state index in [1.165, 1.54) is 29.0 Å². The van der Waals surface area contributed by atoms with Crippen LogP contribution in [0, 0.1) is 6.92 Å². The molecular weight excluding hydrogens is 268 g/mol. The molecule has 5 heteroatoms. The van der Waals surface area contributed by atoms with Crippen LogP contribution in [0.4, 0.5) is 5.82 Å². The van der Waals surface area contributed by atoms with Gasteiger partial charge < -0.3 is 5.32 Å². The minimum atomic E-state index is 0.758. The summed E-state index contributed by atoms with van der Waals surface area (Å²) in [7, 11) is 0. The van der Waals surface area contributed by atoms with E-state index >= 15 is 0 Å². The highest BCUT2D eigenvalue weighted by Crippen LogP contribution is 2.26. The topological polar surface area (TPSA) is 50.7 Å². The number of hydrogen-bond acceptors (Lipinski definition) is 5. The predicted octanol–water partition coefficient (Wildman–Crippen LogP) is 3.29. The van der Waals surface area contributed by atoms with Gasteiger partial charge in [0.2, 0.25) is 0 Å². The molecule has 0 amide bonds. The van der Waals surface area contributed by atoms with Gasteiger partial charge in [-0.05, 0) is 39.0 Å². The molecule has 20 heavy (non-hydrogen) atoms. The summed E-state index contributed by atoms with van der Waals surface area (Å²) in [6, 6.07) is 0. The van der Waals surface area contributed by atoms with Crippen molar-refractivity contribution in [1.29, 1.82) is 0 Å². The van der Waals surface area contributed by atoms with Gasteiger partial charge in [0.25, 0.3) is 0 Å². The van der Waals surface area contributed by atoms with Gasteiger partial charge in [-0.25, -0.2) is 15.0 Å². The summed E-state index contributed by atoms with van der Waals surface area (Å²) in [6.45, 7) is 4.89. The van der Waals surface area contributed by atoms with Gasteiger partial charge in [0.05, 0.1) is 6.54 Å². The molecule has 106 valence electrons. The number of anilines is 1. The Morgan fingerprint density at radius 1 is 1.25 bits per heavy atom. The van der Waals surface area contributed by atoms with Crippen molar-refractivity contribution in [1.82, 2.24) is 15.0 Å². The van der Waals surface area contributed by atoms with E-state index in [-0.39, 0.29) is 0 Å². The molecule has 0 unspecified atom stereocenters. The number of aryl methyl sites for hydroxylation is 3. The Bertz CT molecular complexity index is 606. The molecule has 3 rings (SSSR count). The lowest BCUT2D eigenvalue weighted by Crippen LogP contribution is -2.13. The van der Waals surface area contributed by atoms with E-state index in [4.69, 9.17) is 0 Å². The zero-order chi connectivity index (χ0) is 13.9. The van der Waals surface area contributed by atoms with Crippen molar-refractivity contribution in [2.75, 3.05) is 5.32 Å². The molecule has 0 bridgehead atoms. The molecule has 0 saturated carbocycles. The van der Waals surface area contributed by atoms with Gasteiger partial charge in [0, 0.05) is 22.3 Å². The maximum atomic E-state index is 4.58. The average molecular weight is 288 g/mol. The van der Waals surface area contributed by atoms with Gasteiger partial charge in [0.1, 0.15) is 16.6 Å². The quantitative estimate of drug-likeness (QED) is 0.938. The van der Waals surface area contributed by atoms with Crippen LogP contribution in [0.15, 0.2) is 6.20 Å². The minimum Gasteiger partial charge on any atom is -0.363 e. The Morgan fingerprint density at radius 3 is 2.90 bits per heavy atom. The van der Waals surface area contributed by atoms with Crippen molar-refractivity contribution in [2.45, 2.75) is 52.5 Å². The zero-order valence-corrected chi connectivity index (χ0v) is 12.9. The molecule has 0 spiro atoms. The molecule has 0 atom stereocenters. The normalized spacial score (nSPS) is 14.1. The van der Waals surface area contributed by atoms with Gasteiger partial charge in [-0.2, -0.15) is 0 Å². The molecule has 0 aliphatic heterocycles. The Kier molecular flexibility index (Phi) is 3.96. The molecule has 1 aliphatic rings. The molecule has 0 radical (unpaired) electrons. The molecule has 2 aromatic heterocycles. The standard InChI is InChI=1S/C15H20N4S/c1-3-11-8-16-14(20-11)9-17-15-12-6-4-5-7-13(12)18-10(2)19-15/h8H,3-7,9H2,1-2H3,(H,17,18,19). The van der Waals surface area contributed by atoms with Crippen molar-refractivity contribution < 1.29 is 0 Å². The van der Waals surface area contributed by atoms with E-state index < -0.39 is 0 Å². The number of rotatable bonds is 4. The fourth-order valence-electron chi connectivity index (χ4n) is 2.62. The third kappa shape index (κ3) is 2.82. The monoisotopic (exact) mass is 288 g/mol. The van der Waals surface area contributed by atoms with E-state index in [1.807, 2.05) is 13.1 Å². The molecule has 1 aliphatic carbocycles. The van der Waals surface area contributed by atoms with Gasteiger partial charge in [-0.15, -0.1) is 11.3 Å². The van der Waals surface area contributed by atoms with Crippen molar-refractivity contribution >= 4 is 17.2 Å². The van der Waals surface area contributed by atoms with Crippen LogP contribution in [-0.2, 0) is 25.8 Å². The second-order valence-electron chi connectivity index (χ2n) is 5.18. The van der Waals surface area contributed by atoms with Crippen LogP contribution in [-0.4, -0.2) is 15.0 Å². The number of aromatic nitrogens is 3. The highest BCUT2D eigenvalue weighted by atomic mass is 32.1. The maximum absolute atomic E-state index is 4.58. The molecule has 0 saturated heterocycles. The van der Waals surface area contributed by atoms with E-state index in [2.05, 4.69) is 27.2 Å². The smallest absolute Gasteiger partial charge is 0.133 e. The summed E-state index contributed by atoms with van der Waals surface area (Å²) in [5, 5.41) is 4.59. The first-order valence-corrected chi connectivity index (χ1v) is 8.11. The number of nitrogens with one attached hydrogen (secondary N) is 1. The maximum Gasteiger partial charge on any atom is 0.133 e. The second kappa shape index (κ2) is 5.87. The van der Waals surface area contributed by atoms with Crippen LogP contribution in [0.25, 0.3) is 0 Å². The minimum absolute atomic E-state index is 0.758. The lowest BCUT2D eigenvalue weighted by atomic mass is 9.96. The first-order valence-electron chi connectivity index (χ1n) is 7.30. The molecule has 4 nitrogen and oxygen atoms in total. The van der Waals surface area contributed by atoms with Gasteiger partial charge in [-0.1, -0.05) is 6.92 Å². The van der Waals surface area contributed by atoms with Crippen LogP contribution in [0.3, 0.4) is 0 Å². The Balaban J connectivity index is 1.78. The van der Waals surface area contributed by atoms with E-state index in [9.17, 15) is 0 Å². The molecule has 1 N–H and O–H groups in total. The third-order valence-electron chi connectivity index (χ3n) is 3.65. The SMILES string of the molecule is CCc1cnc(CNc2nc(C)nc3c2CCCC3)s1. The second-order valence-corrected chi connectivity index (χ2v) is 6.38. The first-order chi connectivity index (χ1) is 9.76. The van der Waals surface area contributed by atoms with Gasteiger partial charge in [0.15, 0.2) is 0 Å². The largest absolute Gasteiger partial charge is 0.363 e. The van der Waals surface area contributed by atoms with Crippen LogP contribution in [0.5, 0.6) is 0 Å². The van der Waals surface area contributed by atoms with Crippen molar-refractivity contribution in [3.8, 4) is 0 Å². The number of fused-ring (bicyclic) bond motifs is 1. The van der Waals surface area contributed by atoms with Crippen LogP contribution in [0.1, 0.15) is 46.7 Å². The number of nitrogens with zero attached hydrogens (tertiary/aromatic N) is 3. The number of thiazole rings is 1. The Hall–Kier alpha value is -1.49. The van der Waals surface area contributed by atoms with Crippen molar-refractivity contribution in [3.05, 3.63) is 33.2 Å². The molecule has 0 aromatic carbocycles. The molecule has 0 fully saturated rings. The summed E-state index contributed by atoms with van der Waals surface area (Å²) in [5.41, 5.74) is 2.55. The molecular formula is C15H20N4S. The van der Waals surface area contributed by atoms with Crippen LogP contribution >= 0.6 is 11.3 Å². The summed E-state index contributed by atoms with van der Waals surface area (Å²) in [5.74, 6) is 1.88. The summed E-state index contributed by atoms with van der Waals surface area (Å²) in [4.78, 5) is 15.0. The van der Waals surface area contributed by atoms with Crippen molar-refractivity contribution in [2.24, 2.45) is 0 Å². The van der Waals surface area contributed by atoms with E-state index in [1.54, 1.807) is 11.3 Å².